The van der Waals surface area contributed by atoms with Gasteiger partial charge >= 0.3 is 0 Å². The van der Waals surface area contributed by atoms with E-state index in [0.29, 0.717) is 6.42 Å². The fourth-order valence-electron chi connectivity index (χ4n) is 1.03. The molecule has 0 amide bonds. The molecule has 0 aliphatic heterocycles. The lowest BCUT2D eigenvalue weighted by Crippen LogP contribution is -2.18. The molecule has 0 rings (SSSR count). The maximum absolute atomic E-state index is 10.9. The molecule has 0 aromatic rings. The number of terminal acetylenes is 1. The van der Waals surface area contributed by atoms with Crippen LogP contribution in [0.15, 0.2) is 0 Å². The van der Waals surface area contributed by atoms with Crippen LogP contribution in [-0.2, 0) is 4.79 Å². The third-order valence-corrected chi connectivity index (χ3v) is 1.77. The first-order valence-electron chi connectivity index (χ1n) is 3.84. The van der Waals surface area contributed by atoms with Crippen LogP contribution >= 0.6 is 0 Å². The number of hydrogen-bond acceptors (Lipinski definition) is 2. The maximum atomic E-state index is 10.9. The molecule has 0 fully saturated rings. The van der Waals surface area contributed by atoms with Gasteiger partial charge in [0.15, 0.2) is 0 Å². The summed E-state index contributed by atoms with van der Waals surface area (Å²) >= 11 is 0. The van der Waals surface area contributed by atoms with Crippen molar-refractivity contribution in [3.8, 4) is 18.4 Å². The molecule has 0 aromatic heterocycles. The number of Topliss-reactive ketones (excluding diaryl/α,β-unsaturated/α-hetero) is 1. The van der Waals surface area contributed by atoms with E-state index in [1.54, 1.807) is 13.0 Å². The second kappa shape index (κ2) is 3.93. The summed E-state index contributed by atoms with van der Waals surface area (Å²) in [7, 11) is 0. The summed E-state index contributed by atoms with van der Waals surface area (Å²) in [6.45, 7) is 5.49. The summed E-state index contributed by atoms with van der Waals surface area (Å²) < 4.78 is 0. The van der Waals surface area contributed by atoms with Crippen LogP contribution in [0.3, 0.4) is 0 Å². The molecule has 0 spiro atoms. The third-order valence-electron chi connectivity index (χ3n) is 1.77. The van der Waals surface area contributed by atoms with Crippen molar-refractivity contribution in [2.24, 2.45) is 11.3 Å². The molecule has 0 aliphatic carbocycles. The molecule has 1 unspecified atom stereocenters. The standard InChI is InChI=1S/C10H13NO/c1-5-10(3,4)6-8(2)9(12)7-11/h1,8H,6H2,2-4H3. The molecule has 0 radical (unpaired) electrons. The van der Waals surface area contributed by atoms with Crippen molar-refractivity contribution >= 4 is 5.78 Å². The van der Waals surface area contributed by atoms with E-state index >= 15 is 0 Å². The van der Waals surface area contributed by atoms with E-state index in [4.69, 9.17) is 11.7 Å². The van der Waals surface area contributed by atoms with Gasteiger partial charge in [-0.1, -0.05) is 6.92 Å². The van der Waals surface area contributed by atoms with Crippen LogP contribution in [0.5, 0.6) is 0 Å². The highest BCUT2D eigenvalue weighted by atomic mass is 16.1. The normalized spacial score (nSPS) is 12.8. The van der Waals surface area contributed by atoms with Crippen molar-refractivity contribution in [2.75, 3.05) is 0 Å². The zero-order valence-electron chi connectivity index (χ0n) is 7.72. The summed E-state index contributed by atoms with van der Waals surface area (Å²) in [6.07, 6.45) is 5.82. The van der Waals surface area contributed by atoms with Crippen LogP contribution in [0.2, 0.25) is 0 Å². The molecule has 12 heavy (non-hydrogen) atoms. The fourth-order valence-corrected chi connectivity index (χ4v) is 1.03. The van der Waals surface area contributed by atoms with Gasteiger partial charge in [0.1, 0.15) is 6.07 Å². The minimum atomic E-state index is -0.390. The molecule has 2 heteroatoms. The average Bonchev–Trinajstić information content (AvgIpc) is 2.02. The van der Waals surface area contributed by atoms with Gasteiger partial charge in [-0.05, 0) is 20.3 Å². The highest BCUT2D eigenvalue weighted by Gasteiger charge is 2.22. The highest BCUT2D eigenvalue weighted by molar-refractivity contribution is 5.94. The SMILES string of the molecule is C#CC(C)(C)CC(C)C(=O)C#N. The summed E-state index contributed by atoms with van der Waals surface area (Å²) in [5.41, 5.74) is -0.300. The van der Waals surface area contributed by atoms with Gasteiger partial charge in [-0.25, -0.2) is 0 Å². The van der Waals surface area contributed by atoms with Gasteiger partial charge in [-0.2, -0.15) is 5.26 Å². The minimum Gasteiger partial charge on any atom is -0.282 e. The van der Waals surface area contributed by atoms with E-state index in [2.05, 4.69) is 5.92 Å². The second-order valence-electron chi connectivity index (χ2n) is 3.61. The molecule has 0 heterocycles. The predicted octanol–water partition coefficient (Wildman–Crippen LogP) is 1.76. The second-order valence-corrected chi connectivity index (χ2v) is 3.61. The Morgan fingerprint density at radius 1 is 1.67 bits per heavy atom. The lowest BCUT2D eigenvalue weighted by Gasteiger charge is -2.19. The number of nitriles is 1. The van der Waals surface area contributed by atoms with Crippen molar-refractivity contribution < 1.29 is 4.79 Å². The Hall–Kier alpha value is -1.28. The molecule has 0 aliphatic rings. The molecule has 64 valence electrons. The Morgan fingerprint density at radius 3 is 2.50 bits per heavy atom. The Balaban J connectivity index is 4.23. The Labute approximate surface area is 73.6 Å². The largest absolute Gasteiger partial charge is 0.282 e. The van der Waals surface area contributed by atoms with Gasteiger partial charge < -0.3 is 0 Å². The molecule has 0 saturated heterocycles. The zero-order chi connectivity index (χ0) is 9.78. The van der Waals surface area contributed by atoms with Crippen LogP contribution in [0.4, 0.5) is 0 Å². The average molecular weight is 163 g/mol. The first-order chi connectivity index (χ1) is 5.43. The van der Waals surface area contributed by atoms with E-state index < -0.39 is 5.78 Å². The number of ketones is 1. The molecular weight excluding hydrogens is 150 g/mol. The minimum absolute atomic E-state index is 0.263. The topological polar surface area (TPSA) is 40.9 Å². The van der Waals surface area contributed by atoms with E-state index in [1.165, 1.54) is 0 Å². The molecule has 1 atom stereocenters. The van der Waals surface area contributed by atoms with Crippen molar-refractivity contribution in [1.82, 2.24) is 0 Å². The van der Waals surface area contributed by atoms with Crippen molar-refractivity contribution in [3.63, 3.8) is 0 Å². The van der Waals surface area contributed by atoms with Crippen LogP contribution in [0, 0.1) is 35.0 Å². The lowest BCUT2D eigenvalue weighted by atomic mass is 9.83. The van der Waals surface area contributed by atoms with Crippen molar-refractivity contribution in [3.05, 3.63) is 0 Å². The smallest absolute Gasteiger partial charge is 0.234 e. The lowest BCUT2D eigenvalue weighted by molar-refractivity contribution is -0.117. The van der Waals surface area contributed by atoms with E-state index in [0.717, 1.165) is 0 Å². The monoisotopic (exact) mass is 163 g/mol. The quantitative estimate of drug-likeness (QED) is 0.470. The van der Waals surface area contributed by atoms with E-state index in [1.807, 2.05) is 13.8 Å². The Bertz CT molecular complexity index is 252. The van der Waals surface area contributed by atoms with E-state index in [9.17, 15) is 4.79 Å². The third kappa shape index (κ3) is 3.21. The van der Waals surface area contributed by atoms with Gasteiger partial charge in [-0.3, -0.25) is 4.79 Å². The van der Waals surface area contributed by atoms with Gasteiger partial charge in [-0.15, -0.1) is 12.3 Å². The maximum Gasteiger partial charge on any atom is 0.234 e. The highest BCUT2D eigenvalue weighted by Crippen LogP contribution is 2.24. The first-order valence-corrected chi connectivity index (χ1v) is 3.84. The number of nitrogens with zero attached hydrogens (tertiary/aromatic N) is 1. The molecule has 0 aromatic carbocycles. The predicted molar refractivity (Wildman–Crippen MR) is 47.0 cm³/mol. The molecule has 0 N–H and O–H groups in total. The van der Waals surface area contributed by atoms with Crippen LogP contribution in [0.1, 0.15) is 27.2 Å². The van der Waals surface area contributed by atoms with Crippen molar-refractivity contribution in [2.45, 2.75) is 27.2 Å². The zero-order valence-corrected chi connectivity index (χ0v) is 7.72. The van der Waals surface area contributed by atoms with E-state index in [-0.39, 0.29) is 11.3 Å². The number of hydrogen-bond donors (Lipinski definition) is 0. The van der Waals surface area contributed by atoms with Gasteiger partial charge in [0.2, 0.25) is 5.78 Å². The summed E-state index contributed by atoms with van der Waals surface area (Å²) in [5, 5.41) is 8.32. The van der Waals surface area contributed by atoms with Gasteiger partial charge in [0.05, 0.1) is 0 Å². The number of rotatable bonds is 3. The number of carbonyl (C=O) groups excluding carboxylic acids is 1. The number of carbonyl (C=O) groups is 1. The van der Waals surface area contributed by atoms with Gasteiger partial charge in [0.25, 0.3) is 0 Å². The summed E-state index contributed by atoms with van der Waals surface area (Å²) in [4.78, 5) is 10.9. The van der Waals surface area contributed by atoms with Gasteiger partial charge in [0, 0.05) is 11.3 Å². The van der Waals surface area contributed by atoms with Crippen LogP contribution in [0.25, 0.3) is 0 Å². The first kappa shape index (κ1) is 10.7. The van der Waals surface area contributed by atoms with Crippen molar-refractivity contribution in [1.29, 1.82) is 5.26 Å². The fraction of sp³-hybridized carbons (Fsp3) is 0.600. The summed E-state index contributed by atoms with van der Waals surface area (Å²) in [5.74, 6) is 1.94. The Kier molecular flexibility index (Phi) is 3.51. The Morgan fingerprint density at radius 2 is 2.17 bits per heavy atom. The molecule has 0 saturated carbocycles. The van der Waals surface area contributed by atoms with Crippen LogP contribution in [-0.4, -0.2) is 5.78 Å². The molecular formula is C10H13NO. The molecule has 2 nitrogen and oxygen atoms in total. The van der Waals surface area contributed by atoms with Crippen LogP contribution < -0.4 is 0 Å². The summed E-state index contributed by atoms with van der Waals surface area (Å²) in [6, 6.07) is 1.60. The molecule has 0 bridgehead atoms.